The number of hydrogen-bond donors (Lipinski definition) is 1. The van der Waals surface area contributed by atoms with Crippen molar-refractivity contribution in [1.29, 1.82) is 0 Å². The highest BCUT2D eigenvalue weighted by Crippen LogP contribution is 2.32. The SMILES string of the molecule is Cc1oncc1C(=O)NCc1cc(Br)cc2c1OCC2. The van der Waals surface area contributed by atoms with Gasteiger partial charge in [-0.15, -0.1) is 0 Å². The fourth-order valence-electron chi connectivity index (χ4n) is 2.26. The van der Waals surface area contributed by atoms with E-state index in [1.54, 1.807) is 6.92 Å². The summed E-state index contributed by atoms with van der Waals surface area (Å²) in [5.41, 5.74) is 2.59. The molecule has 0 saturated carbocycles. The zero-order valence-corrected chi connectivity index (χ0v) is 12.5. The van der Waals surface area contributed by atoms with Gasteiger partial charge in [0.2, 0.25) is 0 Å². The highest BCUT2D eigenvalue weighted by Gasteiger charge is 2.19. The number of hydrogen-bond acceptors (Lipinski definition) is 4. The summed E-state index contributed by atoms with van der Waals surface area (Å²) < 4.78 is 11.5. The Labute approximate surface area is 124 Å². The smallest absolute Gasteiger partial charge is 0.256 e. The molecule has 104 valence electrons. The van der Waals surface area contributed by atoms with Crippen LogP contribution < -0.4 is 10.1 Å². The molecule has 6 heteroatoms. The molecule has 2 heterocycles. The fourth-order valence-corrected chi connectivity index (χ4v) is 2.82. The number of rotatable bonds is 3. The summed E-state index contributed by atoms with van der Waals surface area (Å²) in [4.78, 5) is 12.0. The van der Waals surface area contributed by atoms with Crippen LogP contribution in [0.5, 0.6) is 5.75 Å². The van der Waals surface area contributed by atoms with Crippen LogP contribution in [0.2, 0.25) is 0 Å². The zero-order valence-electron chi connectivity index (χ0n) is 10.9. The molecule has 0 bridgehead atoms. The van der Waals surface area contributed by atoms with Gasteiger partial charge in [0.1, 0.15) is 17.1 Å². The minimum Gasteiger partial charge on any atom is -0.493 e. The first-order valence-corrected chi connectivity index (χ1v) is 7.08. The molecule has 1 aromatic carbocycles. The predicted octanol–water partition coefficient (Wildman–Crippen LogP) is 2.61. The Morgan fingerprint density at radius 2 is 2.35 bits per heavy atom. The maximum Gasteiger partial charge on any atom is 0.256 e. The van der Waals surface area contributed by atoms with Crippen molar-refractivity contribution in [3.8, 4) is 5.75 Å². The standard InChI is InChI=1S/C14H13BrN2O3/c1-8-12(7-17-20-8)14(18)16-6-10-5-11(15)4-9-2-3-19-13(9)10/h4-5,7H,2-3,6H2,1H3,(H,16,18). The van der Waals surface area contributed by atoms with Gasteiger partial charge in [-0.2, -0.15) is 0 Å². The first kappa shape index (κ1) is 13.2. The van der Waals surface area contributed by atoms with Crippen molar-refractivity contribution in [3.63, 3.8) is 0 Å². The number of amides is 1. The summed E-state index contributed by atoms with van der Waals surface area (Å²) in [7, 11) is 0. The summed E-state index contributed by atoms with van der Waals surface area (Å²) in [5, 5.41) is 6.46. The maximum absolute atomic E-state index is 12.0. The van der Waals surface area contributed by atoms with E-state index in [1.807, 2.05) is 6.07 Å². The quantitative estimate of drug-likeness (QED) is 0.935. The third-order valence-electron chi connectivity index (χ3n) is 3.26. The number of carbonyl (C=O) groups is 1. The Hall–Kier alpha value is -1.82. The first-order chi connectivity index (χ1) is 9.65. The molecule has 1 aliphatic rings. The maximum atomic E-state index is 12.0. The lowest BCUT2D eigenvalue weighted by Crippen LogP contribution is -2.23. The van der Waals surface area contributed by atoms with Gasteiger partial charge in [-0.3, -0.25) is 4.79 Å². The summed E-state index contributed by atoms with van der Waals surface area (Å²) >= 11 is 3.48. The molecule has 2 aromatic rings. The second-order valence-electron chi connectivity index (χ2n) is 4.63. The number of fused-ring (bicyclic) bond motifs is 1. The minimum absolute atomic E-state index is 0.199. The number of benzene rings is 1. The second kappa shape index (κ2) is 5.28. The van der Waals surface area contributed by atoms with Gasteiger partial charge in [-0.05, 0) is 24.6 Å². The number of aromatic nitrogens is 1. The van der Waals surface area contributed by atoms with Crippen LogP contribution in [0.4, 0.5) is 0 Å². The minimum atomic E-state index is -0.199. The van der Waals surface area contributed by atoms with E-state index in [2.05, 4.69) is 32.5 Å². The van der Waals surface area contributed by atoms with E-state index in [4.69, 9.17) is 9.26 Å². The number of halogens is 1. The lowest BCUT2D eigenvalue weighted by atomic mass is 10.1. The van der Waals surface area contributed by atoms with Crippen LogP contribution >= 0.6 is 15.9 Å². The Kier molecular flexibility index (Phi) is 3.48. The van der Waals surface area contributed by atoms with Crippen LogP contribution in [0.15, 0.2) is 27.3 Å². The van der Waals surface area contributed by atoms with Crippen LogP contribution in [-0.2, 0) is 13.0 Å². The number of ether oxygens (including phenoxy) is 1. The van der Waals surface area contributed by atoms with E-state index in [-0.39, 0.29) is 5.91 Å². The molecule has 0 unspecified atom stereocenters. The van der Waals surface area contributed by atoms with Crippen molar-refractivity contribution in [3.05, 3.63) is 45.3 Å². The lowest BCUT2D eigenvalue weighted by molar-refractivity contribution is 0.0949. The van der Waals surface area contributed by atoms with Crippen LogP contribution in [-0.4, -0.2) is 17.7 Å². The molecule has 0 fully saturated rings. The van der Waals surface area contributed by atoms with Crippen molar-refractivity contribution >= 4 is 21.8 Å². The number of nitrogens with zero attached hydrogens (tertiary/aromatic N) is 1. The Balaban J connectivity index is 1.76. The average Bonchev–Trinajstić information content (AvgIpc) is 3.03. The van der Waals surface area contributed by atoms with Gasteiger partial charge in [0.15, 0.2) is 0 Å². The monoisotopic (exact) mass is 336 g/mol. The summed E-state index contributed by atoms with van der Waals surface area (Å²) in [5.74, 6) is 1.20. The first-order valence-electron chi connectivity index (χ1n) is 6.28. The molecule has 1 aromatic heterocycles. The molecule has 0 radical (unpaired) electrons. The molecule has 20 heavy (non-hydrogen) atoms. The number of nitrogens with one attached hydrogen (secondary N) is 1. The van der Waals surface area contributed by atoms with Gasteiger partial charge < -0.3 is 14.6 Å². The molecule has 1 N–H and O–H groups in total. The number of carbonyl (C=O) groups excluding carboxylic acids is 1. The van der Waals surface area contributed by atoms with Crippen molar-refractivity contribution in [2.75, 3.05) is 6.61 Å². The zero-order chi connectivity index (χ0) is 14.1. The molecule has 5 nitrogen and oxygen atoms in total. The highest BCUT2D eigenvalue weighted by atomic mass is 79.9. The van der Waals surface area contributed by atoms with Gasteiger partial charge in [0, 0.05) is 23.0 Å². The van der Waals surface area contributed by atoms with E-state index >= 15 is 0 Å². The summed E-state index contributed by atoms with van der Waals surface area (Å²) in [6, 6.07) is 4.02. The summed E-state index contributed by atoms with van der Waals surface area (Å²) in [6.07, 6.45) is 2.33. The molecule has 1 aliphatic heterocycles. The molecule has 0 spiro atoms. The van der Waals surface area contributed by atoms with Gasteiger partial charge in [0.25, 0.3) is 5.91 Å². The van der Waals surface area contributed by atoms with E-state index in [1.165, 1.54) is 11.8 Å². The average molecular weight is 337 g/mol. The molecular weight excluding hydrogens is 324 g/mol. The number of aryl methyl sites for hydroxylation is 1. The van der Waals surface area contributed by atoms with Gasteiger partial charge in [0.05, 0.1) is 12.8 Å². The largest absolute Gasteiger partial charge is 0.493 e. The van der Waals surface area contributed by atoms with Crippen molar-refractivity contribution in [1.82, 2.24) is 10.5 Å². The van der Waals surface area contributed by atoms with Crippen LogP contribution in [0.1, 0.15) is 27.2 Å². The van der Waals surface area contributed by atoms with Crippen molar-refractivity contribution in [2.24, 2.45) is 0 Å². The fraction of sp³-hybridized carbons (Fsp3) is 0.286. The predicted molar refractivity (Wildman–Crippen MR) is 75.8 cm³/mol. The summed E-state index contributed by atoms with van der Waals surface area (Å²) in [6.45, 7) is 2.81. The molecule has 3 rings (SSSR count). The molecular formula is C14H13BrN2O3. The van der Waals surface area contributed by atoms with E-state index < -0.39 is 0 Å². The second-order valence-corrected chi connectivity index (χ2v) is 5.55. The highest BCUT2D eigenvalue weighted by molar-refractivity contribution is 9.10. The molecule has 0 saturated heterocycles. The Morgan fingerprint density at radius 3 is 3.10 bits per heavy atom. The van der Waals surface area contributed by atoms with E-state index in [9.17, 15) is 4.79 Å². The van der Waals surface area contributed by atoms with Gasteiger partial charge in [-0.1, -0.05) is 21.1 Å². The van der Waals surface area contributed by atoms with E-state index in [0.717, 1.165) is 22.2 Å². The van der Waals surface area contributed by atoms with Gasteiger partial charge >= 0.3 is 0 Å². The lowest BCUT2D eigenvalue weighted by Gasteiger charge is -2.10. The van der Waals surface area contributed by atoms with E-state index in [0.29, 0.717) is 24.5 Å². The Morgan fingerprint density at radius 1 is 1.50 bits per heavy atom. The molecule has 0 atom stereocenters. The molecule has 0 aliphatic carbocycles. The topological polar surface area (TPSA) is 64.4 Å². The van der Waals surface area contributed by atoms with Crippen molar-refractivity contribution < 1.29 is 14.1 Å². The Bertz CT molecular complexity index is 666. The third-order valence-corrected chi connectivity index (χ3v) is 3.72. The van der Waals surface area contributed by atoms with Crippen molar-refractivity contribution in [2.45, 2.75) is 19.9 Å². The molecule has 1 amide bonds. The van der Waals surface area contributed by atoms with Crippen LogP contribution in [0.25, 0.3) is 0 Å². The van der Waals surface area contributed by atoms with Crippen LogP contribution in [0.3, 0.4) is 0 Å². The van der Waals surface area contributed by atoms with Gasteiger partial charge in [-0.25, -0.2) is 0 Å². The normalized spacial score (nSPS) is 12.9. The van der Waals surface area contributed by atoms with Crippen LogP contribution in [0, 0.1) is 6.92 Å². The third kappa shape index (κ3) is 2.43.